The fraction of sp³-hybridized carbons (Fsp3) is 0.333. The Kier molecular flexibility index (Phi) is 3.46. The lowest BCUT2D eigenvalue weighted by Gasteiger charge is -2.40. The van der Waals surface area contributed by atoms with E-state index in [9.17, 15) is 0 Å². The van der Waals surface area contributed by atoms with Gasteiger partial charge in [-0.15, -0.1) is 0 Å². The molecule has 0 radical (unpaired) electrons. The standard InChI is InChI=1S/C21H22O4/c1-21(2)20-15-11-19(24-5)18(23-4)9-12(15)8-16(20)14-7-6-13(22-3)10-17(14)25-21/h6-11,20H,1-5H3. The fourth-order valence-corrected chi connectivity index (χ4v) is 3.98. The highest BCUT2D eigenvalue weighted by molar-refractivity contribution is 5.95. The lowest BCUT2D eigenvalue weighted by Crippen LogP contribution is -2.39. The van der Waals surface area contributed by atoms with Crippen molar-refractivity contribution in [3.05, 3.63) is 47.0 Å². The molecule has 0 saturated heterocycles. The summed E-state index contributed by atoms with van der Waals surface area (Å²) >= 11 is 0. The number of rotatable bonds is 3. The van der Waals surface area contributed by atoms with Gasteiger partial charge in [0.2, 0.25) is 0 Å². The van der Waals surface area contributed by atoms with Crippen LogP contribution in [0.15, 0.2) is 30.3 Å². The SMILES string of the molecule is COc1ccc2c(c1)OC(C)(C)C1C2=Cc2cc(OC)c(OC)cc21. The van der Waals surface area contributed by atoms with Gasteiger partial charge >= 0.3 is 0 Å². The summed E-state index contributed by atoms with van der Waals surface area (Å²) in [5.74, 6) is 3.28. The topological polar surface area (TPSA) is 36.9 Å². The van der Waals surface area contributed by atoms with Crippen molar-refractivity contribution in [2.45, 2.75) is 25.4 Å². The molecule has 1 unspecified atom stereocenters. The molecule has 0 amide bonds. The van der Waals surface area contributed by atoms with Gasteiger partial charge in [-0.2, -0.15) is 0 Å². The van der Waals surface area contributed by atoms with Gasteiger partial charge < -0.3 is 18.9 Å². The minimum atomic E-state index is -0.379. The second-order valence-electron chi connectivity index (χ2n) is 6.94. The zero-order chi connectivity index (χ0) is 17.8. The molecule has 130 valence electrons. The van der Waals surface area contributed by atoms with Crippen LogP contribution >= 0.6 is 0 Å². The van der Waals surface area contributed by atoms with Crippen LogP contribution in [-0.2, 0) is 0 Å². The Bertz CT molecular complexity index is 880. The number of fused-ring (bicyclic) bond motifs is 5. The van der Waals surface area contributed by atoms with Crippen LogP contribution in [0, 0.1) is 0 Å². The van der Waals surface area contributed by atoms with Crippen molar-refractivity contribution >= 4 is 11.6 Å². The lowest BCUT2D eigenvalue weighted by molar-refractivity contribution is 0.0889. The number of hydrogen-bond donors (Lipinski definition) is 0. The van der Waals surface area contributed by atoms with E-state index in [4.69, 9.17) is 18.9 Å². The molecule has 1 aliphatic heterocycles. The molecule has 1 atom stereocenters. The predicted octanol–water partition coefficient (Wildman–Crippen LogP) is 4.52. The summed E-state index contributed by atoms with van der Waals surface area (Å²) in [5, 5.41) is 0. The maximum Gasteiger partial charge on any atom is 0.161 e. The first-order valence-corrected chi connectivity index (χ1v) is 8.33. The highest BCUT2D eigenvalue weighted by Crippen LogP contribution is 2.56. The Hall–Kier alpha value is -2.62. The van der Waals surface area contributed by atoms with Crippen molar-refractivity contribution < 1.29 is 18.9 Å². The summed E-state index contributed by atoms with van der Waals surface area (Å²) in [4.78, 5) is 0. The molecule has 2 aromatic rings. The van der Waals surface area contributed by atoms with E-state index < -0.39 is 0 Å². The van der Waals surface area contributed by atoms with E-state index in [1.54, 1.807) is 21.3 Å². The summed E-state index contributed by atoms with van der Waals surface area (Å²) in [5.41, 5.74) is 4.35. The third kappa shape index (κ3) is 2.28. The van der Waals surface area contributed by atoms with Crippen LogP contribution in [0.25, 0.3) is 11.6 Å². The molecule has 0 spiro atoms. The first kappa shape index (κ1) is 15.9. The van der Waals surface area contributed by atoms with Gasteiger partial charge in [-0.25, -0.2) is 0 Å². The summed E-state index contributed by atoms with van der Waals surface area (Å²) in [7, 11) is 4.99. The molecular formula is C21H22O4. The number of hydrogen-bond acceptors (Lipinski definition) is 4. The van der Waals surface area contributed by atoms with E-state index in [-0.39, 0.29) is 11.5 Å². The van der Waals surface area contributed by atoms with E-state index in [0.717, 1.165) is 34.1 Å². The molecular weight excluding hydrogens is 316 g/mol. The van der Waals surface area contributed by atoms with Crippen molar-refractivity contribution in [1.29, 1.82) is 0 Å². The van der Waals surface area contributed by atoms with Gasteiger partial charge in [0.05, 0.1) is 21.3 Å². The minimum Gasteiger partial charge on any atom is -0.497 e. The van der Waals surface area contributed by atoms with Gasteiger partial charge in [0, 0.05) is 17.5 Å². The van der Waals surface area contributed by atoms with E-state index in [1.165, 1.54) is 11.1 Å². The third-order valence-corrected chi connectivity index (χ3v) is 5.09. The predicted molar refractivity (Wildman–Crippen MR) is 97.9 cm³/mol. The van der Waals surface area contributed by atoms with Gasteiger partial charge in [0.1, 0.15) is 17.1 Å². The molecule has 0 fully saturated rings. The van der Waals surface area contributed by atoms with Crippen LogP contribution in [-0.4, -0.2) is 26.9 Å². The largest absolute Gasteiger partial charge is 0.497 e. The van der Waals surface area contributed by atoms with Crippen LogP contribution in [0.3, 0.4) is 0 Å². The molecule has 4 rings (SSSR count). The second-order valence-corrected chi connectivity index (χ2v) is 6.94. The van der Waals surface area contributed by atoms with E-state index in [1.807, 2.05) is 18.2 Å². The monoisotopic (exact) mass is 338 g/mol. The molecule has 2 aromatic carbocycles. The average molecular weight is 338 g/mol. The van der Waals surface area contributed by atoms with E-state index in [0.29, 0.717) is 0 Å². The third-order valence-electron chi connectivity index (χ3n) is 5.09. The van der Waals surface area contributed by atoms with Crippen molar-refractivity contribution in [1.82, 2.24) is 0 Å². The van der Waals surface area contributed by atoms with Crippen LogP contribution in [0.2, 0.25) is 0 Å². The molecule has 1 heterocycles. The van der Waals surface area contributed by atoms with Crippen LogP contribution < -0.4 is 18.9 Å². The lowest BCUT2D eigenvalue weighted by atomic mass is 9.77. The summed E-state index contributed by atoms with van der Waals surface area (Å²) in [6.45, 7) is 4.25. The molecule has 4 nitrogen and oxygen atoms in total. The van der Waals surface area contributed by atoms with Crippen molar-refractivity contribution in [2.75, 3.05) is 21.3 Å². The van der Waals surface area contributed by atoms with Crippen molar-refractivity contribution in [2.24, 2.45) is 0 Å². The zero-order valence-electron chi connectivity index (χ0n) is 15.2. The maximum atomic E-state index is 6.37. The first-order valence-electron chi connectivity index (χ1n) is 8.33. The summed E-state index contributed by atoms with van der Waals surface area (Å²) < 4.78 is 22.7. The van der Waals surface area contributed by atoms with Gasteiger partial charge in [-0.05, 0) is 60.9 Å². The van der Waals surface area contributed by atoms with Gasteiger partial charge in [0.25, 0.3) is 0 Å². The second kappa shape index (κ2) is 5.45. The molecule has 0 N–H and O–H groups in total. The molecule has 4 heteroatoms. The highest BCUT2D eigenvalue weighted by Gasteiger charge is 2.45. The molecule has 0 saturated carbocycles. The number of ether oxygens (including phenoxy) is 4. The molecule has 0 aromatic heterocycles. The van der Waals surface area contributed by atoms with Crippen LogP contribution in [0.1, 0.15) is 36.5 Å². The zero-order valence-corrected chi connectivity index (χ0v) is 15.2. The number of methoxy groups -OCH3 is 3. The quantitative estimate of drug-likeness (QED) is 0.824. The molecule has 1 aliphatic carbocycles. The van der Waals surface area contributed by atoms with Crippen LogP contribution in [0.5, 0.6) is 23.0 Å². The Morgan fingerprint density at radius 1 is 0.920 bits per heavy atom. The summed E-state index contributed by atoms with van der Waals surface area (Å²) in [6.07, 6.45) is 2.23. The smallest absolute Gasteiger partial charge is 0.161 e. The molecule has 25 heavy (non-hydrogen) atoms. The molecule has 2 aliphatic rings. The Labute approximate surface area is 148 Å². The Balaban J connectivity index is 1.91. The molecule has 0 bridgehead atoms. The minimum absolute atomic E-state index is 0.142. The van der Waals surface area contributed by atoms with Gasteiger partial charge in [-0.1, -0.05) is 0 Å². The summed E-state index contributed by atoms with van der Waals surface area (Å²) in [6, 6.07) is 10.1. The Morgan fingerprint density at radius 2 is 1.64 bits per heavy atom. The van der Waals surface area contributed by atoms with Crippen molar-refractivity contribution in [3.63, 3.8) is 0 Å². The van der Waals surface area contributed by atoms with Gasteiger partial charge in [0.15, 0.2) is 11.5 Å². The number of benzene rings is 2. The van der Waals surface area contributed by atoms with E-state index >= 15 is 0 Å². The Morgan fingerprint density at radius 3 is 2.32 bits per heavy atom. The van der Waals surface area contributed by atoms with E-state index in [2.05, 4.69) is 32.1 Å². The highest BCUT2D eigenvalue weighted by atomic mass is 16.5. The van der Waals surface area contributed by atoms with Crippen LogP contribution in [0.4, 0.5) is 0 Å². The normalized spacial score (nSPS) is 19.1. The maximum absolute atomic E-state index is 6.37. The van der Waals surface area contributed by atoms with Crippen molar-refractivity contribution in [3.8, 4) is 23.0 Å². The van der Waals surface area contributed by atoms with Gasteiger partial charge in [-0.3, -0.25) is 0 Å². The average Bonchev–Trinajstić information content (AvgIpc) is 2.98. The fourth-order valence-electron chi connectivity index (χ4n) is 3.98. The first-order chi connectivity index (χ1) is 12.0.